The second-order valence-corrected chi connectivity index (χ2v) is 12.1. The third kappa shape index (κ3) is 3.19. The molecule has 11 heteroatoms. The van der Waals surface area contributed by atoms with E-state index in [1.807, 2.05) is 0 Å². The fourth-order valence-corrected chi connectivity index (χ4v) is 8.05. The van der Waals surface area contributed by atoms with Gasteiger partial charge in [-0.15, -0.1) is 23.2 Å². The predicted octanol–water partition coefficient (Wildman–Crippen LogP) is 3.59. The molecule has 1 saturated carbocycles. The van der Waals surface area contributed by atoms with Crippen LogP contribution in [0.5, 0.6) is 5.75 Å². The zero-order valence-electron chi connectivity index (χ0n) is 21.4. The van der Waals surface area contributed by atoms with Crippen molar-refractivity contribution in [2.75, 3.05) is 11.9 Å². The largest absolute Gasteiger partial charge is 0.507 e. The monoisotopic (exact) mass is 582 g/mol. The highest BCUT2D eigenvalue weighted by atomic mass is 35.5. The van der Waals surface area contributed by atoms with Crippen molar-refractivity contribution in [3.05, 3.63) is 70.8 Å². The first kappa shape index (κ1) is 26.5. The Balaban J connectivity index is 1.52. The molecule has 40 heavy (non-hydrogen) atoms. The minimum atomic E-state index is -1.98. The zero-order valence-corrected chi connectivity index (χ0v) is 22.9. The number of imide groups is 2. The maximum atomic E-state index is 14.0. The van der Waals surface area contributed by atoms with E-state index in [9.17, 15) is 34.2 Å². The first-order valence-electron chi connectivity index (χ1n) is 12.7. The minimum Gasteiger partial charge on any atom is -0.507 e. The van der Waals surface area contributed by atoms with Crippen molar-refractivity contribution in [3.63, 3.8) is 0 Å². The van der Waals surface area contributed by atoms with E-state index in [1.165, 1.54) is 31.3 Å². The quantitative estimate of drug-likeness (QED) is 0.321. The summed E-state index contributed by atoms with van der Waals surface area (Å²) in [6, 6.07) is 10.6. The summed E-state index contributed by atoms with van der Waals surface area (Å²) >= 11 is 14.2. The lowest BCUT2D eigenvalue weighted by Gasteiger charge is -2.50. The lowest BCUT2D eigenvalue weighted by Crippen LogP contribution is -2.60. The number of aromatic carboxylic acids is 1. The number of benzene rings is 2. The number of hydrogen-bond acceptors (Lipinski definition) is 6. The van der Waals surface area contributed by atoms with Gasteiger partial charge in [-0.05, 0) is 49.4 Å². The Hall–Kier alpha value is -3.69. The standard InChI is InChI=1S/C29H24Cl2N2O7/c1-13-5-3-8-18(22(13)34)21-16-9-10-17-20(19(16)12-28(30)26(39)32(2)27(40)29(21,28)31)24(36)33(23(17)35)15-7-4-6-14(11-15)25(37)38/h3-9,11,17,19-21,34H,10,12H2,1-2H3,(H,37,38)/t17-,19+,20-,21+,28+,29-/m0/s1. The molecule has 0 bridgehead atoms. The fourth-order valence-electron chi connectivity index (χ4n) is 7.04. The van der Waals surface area contributed by atoms with Crippen molar-refractivity contribution < 1.29 is 34.2 Å². The molecule has 2 aromatic carbocycles. The number of para-hydroxylation sites is 1. The number of likely N-dealkylation sites (tertiary alicyclic amines) is 1. The van der Waals surface area contributed by atoms with Crippen LogP contribution in [0.3, 0.4) is 0 Å². The summed E-state index contributed by atoms with van der Waals surface area (Å²) in [5, 5.41) is 20.5. The van der Waals surface area contributed by atoms with Gasteiger partial charge in [0.25, 0.3) is 11.8 Å². The molecule has 0 spiro atoms. The van der Waals surface area contributed by atoms with E-state index in [-0.39, 0.29) is 29.8 Å². The Kier molecular flexibility index (Phi) is 5.74. The Bertz CT molecular complexity index is 1590. The van der Waals surface area contributed by atoms with Crippen molar-refractivity contribution in [2.24, 2.45) is 17.8 Å². The van der Waals surface area contributed by atoms with Crippen LogP contribution in [0, 0.1) is 24.7 Å². The SMILES string of the molecule is Cc1cccc([C@H]2C3=CC[C@@H]4C(=O)N(c5cccc(C(=O)O)c5)C(=O)[C@@H]4[C@@H]3C[C@@]3(Cl)C(=O)N(C)C(=O)[C@@]23Cl)c1O. The summed E-state index contributed by atoms with van der Waals surface area (Å²) in [5.41, 5.74) is 1.44. The van der Waals surface area contributed by atoms with Crippen LogP contribution in [0.1, 0.15) is 40.2 Å². The summed E-state index contributed by atoms with van der Waals surface area (Å²) in [6.45, 7) is 1.69. The van der Waals surface area contributed by atoms with E-state index >= 15 is 0 Å². The third-order valence-electron chi connectivity index (χ3n) is 8.95. The molecule has 9 nitrogen and oxygen atoms in total. The number of nitrogens with zero attached hydrogens (tertiary/aromatic N) is 2. The molecule has 3 fully saturated rings. The van der Waals surface area contributed by atoms with Gasteiger partial charge < -0.3 is 10.2 Å². The topological polar surface area (TPSA) is 132 Å². The van der Waals surface area contributed by atoms with Crippen LogP contribution >= 0.6 is 23.2 Å². The first-order valence-corrected chi connectivity index (χ1v) is 13.5. The number of amides is 4. The average Bonchev–Trinajstić information content (AvgIpc) is 3.25. The van der Waals surface area contributed by atoms with Gasteiger partial charge in [0.05, 0.1) is 23.1 Å². The number of carboxylic acid groups (broad SMARTS) is 1. The summed E-state index contributed by atoms with van der Waals surface area (Å²) in [7, 11) is 1.30. The van der Waals surface area contributed by atoms with Crippen molar-refractivity contribution in [2.45, 2.75) is 35.4 Å². The Morgan fingerprint density at radius 2 is 1.70 bits per heavy atom. The molecule has 6 rings (SSSR count). The minimum absolute atomic E-state index is 0.0795. The number of halogens is 2. The lowest BCUT2D eigenvalue weighted by molar-refractivity contribution is -0.138. The number of aromatic hydroxyl groups is 1. The molecule has 2 aromatic rings. The number of anilines is 1. The van der Waals surface area contributed by atoms with Gasteiger partial charge in [-0.3, -0.25) is 29.0 Å². The number of aryl methyl sites for hydroxylation is 1. The normalized spacial score (nSPS) is 33.0. The van der Waals surface area contributed by atoms with Gasteiger partial charge >= 0.3 is 5.97 Å². The molecule has 0 unspecified atom stereocenters. The van der Waals surface area contributed by atoms with Crippen molar-refractivity contribution in [3.8, 4) is 5.75 Å². The summed E-state index contributed by atoms with van der Waals surface area (Å²) < 4.78 is 0. The summed E-state index contributed by atoms with van der Waals surface area (Å²) in [5.74, 6) is -7.28. The highest BCUT2D eigenvalue weighted by Crippen LogP contribution is 2.66. The molecule has 4 aliphatic rings. The number of alkyl halides is 2. The smallest absolute Gasteiger partial charge is 0.335 e. The number of carboxylic acids is 1. The number of carbonyl (C=O) groups is 5. The second-order valence-electron chi connectivity index (χ2n) is 10.9. The molecular weight excluding hydrogens is 559 g/mol. The van der Waals surface area contributed by atoms with Gasteiger partial charge in [0, 0.05) is 18.5 Å². The van der Waals surface area contributed by atoms with Crippen LogP contribution in [-0.2, 0) is 19.2 Å². The van der Waals surface area contributed by atoms with E-state index in [1.54, 1.807) is 31.2 Å². The number of carbonyl (C=O) groups excluding carboxylic acids is 4. The van der Waals surface area contributed by atoms with E-state index in [2.05, 4.69) is 0 Å². The van der Waals surface area contributed by atoms with E-state index in [0.29, 0.717) is 16.7 Å². The highest BCUT2D eigenvalue weighted by Gasteiger charge is 2.76. The number of hydrogen-bond donors (Lipinski definition) is 2. The Morgan fingerprint density at radius 3 is 2.40 bits per heavy atom. The zero-order chi connectivity index (χ0) is 28.9. The van der Waals surface area contributed by atoms with Gasteiger partial charge in [0.15, 0.2) is 9.75 Å². The first-order chi connectivity index (χ1) is 18.8. The maximum absolute atomic E-state index is 14.0. The second kappa shape index (κ2) is 8.65. The number of allylic oxidation sites excluding steroid dienone is 2. The Morgan fingerprint density at radius 1 is 1.00 bits per heavy atom. The molecule has 2 heterocycles. The molecule has 2 aliphatic heterocycles. The molecule has 2 saturated heterocycles. The highest BCUT2D eigenvalue weighted by molar-refractivity contribution is 6.53. The molecule has 0 aromatic heterocycles. The number of phenolic OH excluding ortho intramolecular Hbond substituents is 1. The number of phenols is 1. The van der Waals surface area contributed by atoms with Gasteiger partial charge in [-0.2, -0.15) is 0 Å². The van der Waals surface area contributed by atoms with Crippen LogP contribution in [0.25, 0.3) is 0 Å². The number of fused-ring (bicyclic) bond motifs is 4. The van der Waals surface area contributed by atoms with Gasteiger partial charge in [-0.25, -0.2) is 4.79 Å². The van der Waals surface area contributed by atoms with Crippen LogP contribution in [-0.4, -0.2) is 61.5 Å². The third-order valence-corrected chi connectivity index (χ3v) is 10.4. The average molecular weight is 583 g/mol. The van der Waals surface area contributed by atoms with Gasteiger partial charge in [0.2, 0.25) is 11.8 Å². The van der Waals surface area contributed by atoms with Gasteiger partial charge in [0.1, 0.15) is 5.75 Å². The van der Waals surface area contributed by atoms with Crippen molar-refractivity contribution in [1.29, 1.82) is 0 Å². The van der Waals surface area contributed by atoms with Crippen molar-refractivity contribution >= 4 is 58.5 Å². The van der Waals surface area contributed by atoms with E-state index in [4.69, 9.17) is 23.2 Å². The lowest BCUT2D eigenvalue weighted by atomic mass is 9.56. The number of rotatable bonds is 3. The summed E-state index contributed by atoms with van der Waals surface area (Å²) in [4.78, 5) is 64.2. The fraction of sp³-hybridized carbons (Fsp3) is 0.345. The molecule has 6 atom stereocenters. The molecule has 206 valence electrons. The molecule has 0 radical (unpaired) electrons. The molecular formula is C29H24Cl2N2O7. The van der Waals surface area contributed by atoms with Gasteiger partial charge in [-0.1, -0.05) is 35.9 Å². The van der Waals surface area contributed by atoms with Crippen LogP contribution in [0.4, 0.5) is 5.69 Å². The molecule has 4 amide bonds. The van der Waals surface area contributed by atoms with Crippen molar-refractivity contribution in [1.82, 2.24) is 4.90 Å². The summed E-state index contributed by atoms with van der Waals surface area (Å²) in [6.07, 6.45) is 1.75. The van der Waals surface area contributed by atoms with E-state index in [0.717, 1.165) is 9.80 Å². The van der Waals surface area contributed by atoms with Crippen LogP contribution in [0.15, 0.2) is 54.1 Å². The van der Waals surface area contributed by atoms with Crippen LogP contribution in [0.2, 0.25) is 0 Å². The van der Waals surface area contributed by atoms with E-state index < -0.39 is 63.0 Å². The molecule has 2 aliphatic carbocycles. The molecule has 2 N–H and O–H groups in total. The Labute approximate surface area is 239 Å². The maximum Gasteiger partial charge on any atom is 0.335 e. The van der Waals surface area contributed by atoms with Crippen LogP contribution < -0.4 is 4.90 Å². The predicted molar refractivity (Wildman–Crippen MR) is 144 cm³/mol.